The molecule has 0 amide bonds. The van der Waals surface area contributed by atoms with Crippen LogP contribution in [0, 0.1) is 20.8 Å². The summed E-state index contributed by atoms with van der Waals surface area (Å²) in [4.78, 5) is 4.20. The van der Waals surface area contributed by atoms with E-state index in [0.717, 1.165) is 26.9 Å². The zero-order chi connectivity index (χ0) is 13.3. The highest BCUT2D eigenvalue weighted by molar-refractivity contribution is 9.10. The summed E-state index contributed by atoms with van der Waals surface area (Å²) in [6.07, 6.45) is 1.74. The van der Waals surface area contributed by atoms with Crippen LogP contribution in [0.2, 0.25) is 0 Å². The molecule has 2 aromatic rings. The Hall–Kier alpha value is -1.55. The summed E-state index contributed by atoms with van der Waals surface area (Å²) in [5.74, 6) is 1.19. The van der Waals surface area contributed by atoms with Gasteiger partial charge < -0.3 is 10.5 Å². The van der Waals surface area contributed by atoms with Crippen LogP contribution in [-0.2, 0) is 0 Å². The van der Waals surface area contributed by atoms with Gasteiger partial charge in [-0.05, 0) is 55.7 Å². The summed E-state index contributed by atoms with van der Waals surface area (Å²) >= 11 is 3.53. The molecule has 2 N–H and O–H groups in total. The van der Waals surface area contributed by atoms with Gasteiger partial charge in [-0.3, -0.25) is 0 Å². The van der Waals surface area contributed by atoms with Gasteiger partial charge >= 0.3 is 0 Å². The van der Waals surface area contributed by atoms with Gasteiger partial charge in [0.1, 0.15) is 5.75 Å². The molecule has 1 heterocycles. The smallest absolute Gasteiger partial charge is 0.242 e. The zero-order valence-electron chi connectivity index (χ0n) is 10.6. The molecular formula is C14H15BrN2O. The molecule has 18 heavy (non-hydrogen) atoms. The summed E-state index contributed by atoms with van der Waals surface area (Å²) in [5.41, 5.74) is 9.69. The molecule has 4 heteroatoms. The number of halogens is 1. The van der Waals surface area contributed by atoms with E-state index in [1.165, 1.54) is 0 Å². The van der Waals surface area contributed by atoms with Gasteiger partial charge in [-0.2, -0.15) is 0 Å². The van der Waals surface area contributed by atoms with Crippen molar-refractivity contribution in [3.63, 3.8) is 0 Å². The van der Waals surface area contributed by atoms with Gasteiger partial charge in [0.15, 0.2) is 0 Å². The van der Waals surface area contributed by atoms with E-state index in [-0.39, 0.29) is 0 Å². The Labute approximate surface area is 115 Å². The van der Waals surface area contributed by atoms with Crippen LogP contribution in [0.1, 0.15) is 16.7 Å². The Morgan fingerprint density at radius 2 is 1.72 bits per heavy atom. The molecule has 0 bridgehead atoms. The number of nitrogen functional groups attached to an aromatic ring is 1. The third-order valence-corrected chi connectivity index (χ3v) is 3.89. The van der Waals surface area contributed by atoms with Crippen molar-refractivity contribution in [3.05, 3.63) is 45.6 Å². The molecule has 0 spiro atoms. The highest BCUT2D eigenvalue weighted by atomic mass is 79.9. The van der Waals surface area contributed by atoms with E-state index >= 15 is 0 Å². The van der Waals surface area contributed by atoms with E-state index in [1.54, 1.807) is 6.20 Å². The van der Waals surface area contributed by atoms with Crippen LogP contribution < -0.4 is 10.5 Å². The Morgan fingerprint density at radius 1 is 1.11 bits per heavy atom. The maximum Gasteiger partial charge on any atom is 0.242 e. The van der Waals surface area contributed by atoms with Crippen LogP contribution in [0.3, 0.4) is 0 Å². The number of benzene rings is 1. The number of aromatic nitrogens is 1. The molecule has 0 fully saturated rings. The first-order chi connectivity index (χ1) is 8.47. The summed E-state index contributed by atoms with van der Waals surface area (Å²) < 4.78 is 6.82. The van der Waals surface area contributed by atoms with E-state index in [2.05, 4.69) is 20.9 Å². The highest BCUT2D eigenvalue weighted by Crippen LogP contribution is 2.30. The van der Waals surface area contributed by atoms with Crippen LogP contribution in [0.5, 0.6) is 11.6 Å². The van der Waals surface area contributed by atoms with Crippen molar-refractivity contribution in [2.45, 2.75) is 20.8 Å². The average molecular weight is 307 g/mol. The monoisotopic (exact) mass is 306 g/mol. The Kier molecular flexibility index (Phi) is 3.57. The second-order valence-electron chi connectivity index (χ2n) is 4.38. The van der Waals surface area contributed by atoms with E-state index in [1.807, 2.05) is 39.0 Å². The lowest BCUT2D eigenvalue weighted by Gasteiger charge is -2.10. The van der Waals surface area contributed by atoms with Gasteiger partial charge in [0.25, 0.3) is 0 Å². The van der Waals surface area contributed by atoms with Gasteiger partial charge in [0.05, 0.1) is 5.69 Å². The normalized spacial score (nSPS) is 10.4. The van der Waals surface area contributed by atoms with Crippen molar-refractivity contribution in [2.75, 3.05) is 5.73 Å². The average Bonchev–Trinajstić information content (AvgIpc) is 2.29. The number of anilines is 1. The number of rotatable bonds is 2. The fourth-order valence-corrected chi connectivity index (χ4v) is 1.97. The topological polar surface area (TPSA) is 48.1 Å². The molecule has 0 saturated carbocycles. The summed E-state index contributed by atoms with van der Waals surface area (Å²) in [6.45, 7) is 5.99. The van der Waals surface area contributed by atoms with Gasteiger partial charge in [0, 0.05) is 10.7 Å². The van der Waals surface area contributed by atoms with Crippen molar-refractivity contribution >= 4 is 21.6 Å². The van der Waals surface area contributed by atoms with E-state index in [4.69, 9.17) is 10.5 Å². The SMILES string of the molecule is Cc1cnc(Oc2cc(C)c(Br)c(C)c2)c(N)c1. The van der Waals surface area contributed by atoms with Crippen LogP contribution in [0.25, 0.3) is 0 Å². The van der Waals surface area contributed by atoms with E-state index in [0.29, 0.717) is 11.6 Å². The van der Waals surface area contributed by atoms with E-state index < -0.39 is 0 Å². The van der Waals surface area contributed by atoms with Crippen molar-refractivity contribution in [1.82, 2.24) is 4.98 Å². The number of aryl methyl sites for hydroxylation is 3. The standard InChI is InChI=1S/C14H15BrN2O/c1-8-4-12(16)14(17-7-8)18-11-5-9(2)13(15)10(3)6-11/h4-7H,16H2,1-3H3. The Morgan fingerprint density at radius 3 is 2.28 bits per heavy atom. The summed E-state index contributed by atoms with van der Waals surface area (Å²) in [5, 5.41) is 0. The molecule has 0 aliphatic rings. The number of nitrogens with zero attached hydrogens (tertiary/aromatic N) is 1. The molecule has 2 rings (SSSR count). The largest absolute Gasteiger partial charge is 0.437 e. The minimum Gasteiger partial charge on any atom is -0.437 e. The van der Waals surface area contributed by atoms with Crippen molar-refractivity contribution in [1.29, 1.82) is 0 Å². The van der Waals surface area contributed by atoms with E-state index in [9.17, 15) is 0 Å². The van der Waals surface area contributed by atoms with Gasteiger partial charge in [-0.15, -0.1) is 0 Å². The number of ether oxygens (including phenoxy) is 1. The lowest BCUT2D eigenvalue weighted by atomic mass is 10.1. The first-order valence-electron chi connectivity index (χ1n) is 5.64. The second kappa shape index (κ2) is 4.98. The molecule has 0 aliphatic carbocycles. The van der Waals surface area contributed by atoms with Crippen LogP contribution in [0.4, 0.5) is 5.69 Å². The summed E-state index contributed by atoms with van der Waals surface area (Å²) in [6, 6.07) is 5.76. The minimum absolute atomic E-state index is 0.446. The molecule has 1 aromatic carbocycles. The van der Waals surface area contributed by atoms with Gasteiger partial charge in [-0.1, -0.05) is 15.9 Å². The third-order valence-electron chi connectivity index (χ3n) is 2.64. The lowest BCUT2D eigenvalue weighted by molar-refractivity contribution is 0.464. The first kappa shape index (κ1) is 12.9. The molecule has 0 aliphatic heterocycles. The highest BCUT2D eigenvalue weighted by Gasteiger charge is 2.07. The Balaban J connectivity index is 2.34. The molecular weight excluding hydrogens is 292 g/mol. The number of hydrogen-bond donors (Lipinski definition) is 1. The fraction of sp³-hybridized carbons (Fsp3) is 0.214. The minimum atomic E-state index is 0.446. The maximum absolute atomic E-state index is 5.88. The second-order valence-corrected chi connectivity index (χ2v) is 5.17. The Bertz CT molecular complexity index is 573. The van der Waals surface area contributed by atoms with Crippen LogP contribution >= 0.6 is 15.9 Å². The number of hydrogen-bond acceptors (Lipinski definition) is 3. The van der Waals surface area contributed by atoms with Gasteiger partial charge in [0.2, 0.25) is 5.88 Å². The van der Waals surface area contributed by atoms with Crippen molar-refractivity contribution in [2.24, 2.45) is 0 Å². The first-order valence-corrected chi connectivity index (χ1v) is 6.43. The quantitative estimate of drug-likeness (QED) is 0.907. The maximum atomic E-state index is 5.88. The number of nitrogens with two attached hydrogens (primary N) is 1. The molecule has 0 radical (unpaired) electrons. The molecule has 0 atom stereocenters. The predicted molar refractivity (Wildman–Crippen MR) is 77.1 cm³/mol. The lowest BCUT2D eigenvalue weighted by Crippen LogP contribution is -1.96. The molecule has 3 nitrogen and oxygen atoms in total. The molecule has 0 saturated heterocycles. The van der Waals surface area contributed by atoms with Gasteiger partial charge in [-0.25, -0.2) is 4.98 Å². The van der Waals surface area contributed by atoms with Crippen LogP contribution in [-0.4, -0.2) is 4.98 Å². The summed E-state index contributed by atoms with van der Waals surface area (Å²) in [7, 11) is 0. The van der Waals surface area contributed by atoms with Crippen LogP contribution in [0.15, 0.2) is 28.9 Å². The number of pyridine rings is 1. The molecule has 0 unspecified atom stereocenters. The molecule has 1 aromatic heterocycles. The molecule has 94 valence electrons. The fourth-order valence-electron chi connectivity index (χ4n) is 1.74. The predicted octanol–water partition coefficient (Wildman–Crippen LogP) is 4.14. The van der Waals surface area contributed by atoms with Crippen molar-refractivity contribution in [3.8, 4) is 11.6 Å². The zero-order valence-corrected chi connectivity index (χ0v) is 12.2. The van der Waals surface area contributed by atoms with Crippen molar-refractivity contribution < 1.29 is 4.74 Å². The third kappa shape index (κ3) is 2.64.